The van der Waals surface area contributed by atoms with Crippen LogP contribution in [-0.2, 0) is 13.1 Å². The zero-order chi connectivity index (χ0) is 20.0. The fraction of sp³-hybridized carbons (Fsp3) is 0.136. The van der Waals surface area contributed by atoms with Crippen molar-refractivity contribution in [1.82, 2.24) is 19.4 Å². The summed E-state index contributed by atoms with van der Waals surface area (Å²) in [5, 5.41) is 0.866. The van der Waals surface area contributed by atoms with Crippen molar-refractivity contribution in [2.75, 3.05) is 7.11 Å². The standard InChI is InChI=1S/C22H17FN4O2/c1-29-18-4-2-14(3-5-18)11-26-12-16-8-17(9-19(23)20(16)22(26)28)27-7-6-15-10-24-13-25-21(15)27/h2-10,13H,11-12H2,1H3. The molecule has 0 bridgehead atoms. The van der Waals surface area contributed by atoms with Gasteiger partial charge in [0.15, 0.2) is 0 Å². The predicted octanol–water partition coefficient (Wildman–Crippen LogP) is 3.72. The number of aromatic nitrogens is 3. The number of rotatable bonds is 4. The van der Waals surface area contributed by atoms with E-state index in [-0.39, 0.29) is 11.5 Å². The normalized spacial score (nSPS) is 13.2. The van der Waals surface area contributed by atoms with E-state index in [1.807, 2.05) is 42.6 Å². The molecular formula is C22H17FN4O2. The van der Waals surface area contributed by atoms with E-state index in [1.165, 1.54) is 12.4 Å². The summed E-state index contributed by atoms with van der Waals surface area (Å²) in [7, 11) is 1.61. The van der Waals surface area contributed by atoms with E-state index in [1.54, 1.807) is 22.8 Å². The van der Waals surface area contributed by atoms with E-state index in [0.29, 0.717) is 30.0 Å². The van der Waals surface area contributed by atoms with E-state index in [4.69, 9.17) is 4.74 Å². The fourth-order valence-electron chi connectivity index (χ4n) is 3.75. The van der Waals surface area contributed by atoms with Gasteiger partial charge >= 0.3 is 0 Å². The van der Waals surface area contributed by atoms with Crippen molar-refractivity contribution in [2.45, 2.75) is 13.1 Å². The smallest absolute Gasteiger partial charge is 0.257 e. The number of hydrogen-bond donors (Lipinski definition) is 0. The minimum Gasteiger partial charge on any atom is -0.497 e. The van der Waals surface area contributed by atoms with E-state index >= 15 is 0 Å². The Morgan fingerprint density at radius 3 is 2.79 bits per heavy atom. The number of carbonyl (C=O) groups is 1. The maximum atomic E-state index is 14.9. The summed E-state index contributed by atoms with van der Waals surface area (Å²) in [5.41, 5.74) is 3.11. The summed E-state index contributed by atoms with van der Waals surface area (Å²) in [5.74, 6) is -0.0570. The zero-order valence-electron chi connectivity index (χ0n) is 15.7. The Labute approximate surface area is 166 Å². The van der Waals surface area contributed by atoms with Crippen molar-refractivity contribution in [3.8, 4) is 11.4 Å². The molecule has 0 aliphatic carbocycles. The molecule has 0 spiro atoms. The first-order valence-electron chi connectivity index (χ1n) is 9.16. The highest BCUT2D eigenvalue weighted by Gasteiger charge is 2.31. The van der Waals surface area contributed by atoms with Crippen molar-refractivity contribution in [3.63, 3.8) is 0 Å². The summed E-state index contributed by atoms with van der Waals surface area (Å²) in [6.07, 6.45) is 5.00. The molecule has 0 N–H and O–H groups in total. The fourth-order valence-corrected chi connectivity index (χ4v) is 3.75. The maximum absolute atomic E-state index is 14.9. The van der Waals surface area contributed by atoms with Crippen LogP contribution in [0.5, 0.6) is 5.75 Å². The van der Waals surface area contributed by atoms with Crippen LogP contribution >= 0.6 is 0 Å². The van der Waals surface area contributed by atoms with E-state index in [2.05, 4.69) is 9.97 Å². The lowest BCUT2D eigenvalue weighted by Crippen LogP contribution is -2.23. The average Bonchev–Trinajstić information content (AvgIpc) is 3.30. The first-order chi connectivity index (χ1) is 14.1. The molecule has 4 aromatic rings. The monoisotopic (exact) mass is 388 g/mol. The molecule has 6 nitrogen and oxygen atoms in total. The van der Waals surface area contributed by atoms with Crippen LogP contribution in [0.1, 0.15) is 21.5 Å². The van der Waals surface area contributed by atoms with Gasteiger partial charge in [0, 0.05) is 30.9 Å². The largest absolute Gasteiger partial charge is 0.497 e. The number of fused-ring (bicyclic) bond motifs is 2. The molecule has 1 amide bonds. The zero-order valence-corrected chi connectivity index (χ0v) is 15.7. The molecule has 0 saturated carbocycles. The number of methoxy groups -OCH3 is 1. The van der Waals surface area contributed by atoms with Gasteiger partial charge in [-0.1, -0.05) is 12.1 Å². The van der Waals surface area contributed by atoms with Crippen LogP contribution in [0.4, 0.5) is 4.39 Å². The lowest BCUT2D eigenvalue weighted by Gasteiger charge is -2.15. The first kappa shape index (κ1) is 17.4. The van der Waals surface area contributed by atoms with Gasteiger partial charge in [-0.25, -0.2) is 14.4 Å². The third-order valence-corrected chi connectivity index (χ3v) is 5.18. The minimum absolute atomic E-state index is 0.147. The third kappa shape index (κ3) is 2.91. The van der Waals surface area contributed by atoms with Crippen LogP contribution in [0, 0.1) is 5.82 Å². The highest BCUT2D eigenvalue weighted by atomic mass is 19.1. The van der Waals surface area contributed by atoms with Crippen LogP contribution in [0.3, 0.4) is 0 Å². The highest BCUT2D eigenvalue weighted by Crippen LogP contribution is 2.30. The maximum Gasteiger partial charge on any atom is 0.257 e. The molecule has 0 atom stereocenters. The van der Waals surface area contributed by atoms with Gasteiger partial charge in [-0.3, -0.25) is 4.79 Å². The van der Waals surface area contributed by atoms with Crippen molar-refractivity contribution in [3.05, 3.63) is 83.7 Å². The molecule has 0 unspecified atom stereocenters. The third-order valence-electron chi connectivity index (χ3n) is 5.18. The summed E-state index contributed by atoms with van der Waals surface area (Å²) in [6, 6.07) is 12.6. The first-order valence-corrected chi connectivity index (χ1v) is 9.16. The second-order valence-electron chi connectivity index (χ2n) is 6.96. The Balaban J connectivity index is 1.47. The lowest BCUT2D eigenvalue weighted by molar-refractivity contribution is 0.0763. The highest BCUT2D eigenvalue weighted by molar-refractivity contribution is 5.99. The molecule has 0 fully saturated rings. The van der Waals surface area contributed by atoms with Crippen molar-refractivity contribution >= 4 is 16.9 Å². The Morgan fingerprint density at radius 1 is 1.17 bits per heavy atom. The van der Waals surface area contributed by atoms with Crippen LogP contribution in [0.25, 0.3) is 16.7 Å². The summed E-state index contributed by atoms with van der Waals surface area (Å²) in [6.45, 7) is 0.769. The average molecular weight is 388 g/mol. The molecule has 1 aliphatic rings. The molecular weight excluding hydrogens is 371 g/mol. The van der Waals surface area contributed by atoms with E-state index in [9.17, 15) is 9.18 Å². The van der Waals surface area contributed by atoms with Crippen LogP contribution in [-0.4, -0.2) is 32.5 Å². The number of nitrogens with zero attached hydrogens (tertiary/aromatic N) is 4. The van der Waals surface area contributed by atoms with Gasteiger partial charge in [0.05, 0.1) is 18.4 Å². The van der Waals surface area contributed by atoms with E-state index < -0.39 is 5.82 Å². The number of benzene rings is 2. The SMILES string of the molecule is COc1ccc(CN2Cc3cc(-n4ccc5cncnc54)cc(F)c3C2=O)cc1. The molecule has 1 aliphatic heterocycles. The second-order valence-corrected chi connectivity index (χ2v) is 6.96. The minimum atomic E-state index is -0.518. The summed E-state index contributed by atoms with van der Waals surface area (Å²) in [4.78, 5) is 22.7. The molecule has 29 heavy (non-hydrogen) atoms. The summed E-state index contributed by atoms with van der Waals surface area (Å²) < 4.78 is 21.9. The molecule has 7 heteroatoms. The number of amides is 1. The van der Waals surface area contributed by atoms with Crippen molar-refractivity contribution in [1.29, 1.82) is 0 Å². The molecule has 144 valence electrons. The molecule has 2 aromatic heterocycles. The van der Waals surface area contributed by atoms with Crippen molar-refractivity contribution < 1.29 is 13.9 Å². The summed E-state index contributed by atoms with van der Waals surface area (Å²) >= 11 is 0. The molecule has 2 aromatic carbocycles. The van der Waals surface area contributed by atoms with Gasteiger partial charge in [0.1, 0.15) is 23.5 Å². The number of hydrogen-bond acceptors (Lipinski definition) is 4. The van der Waals surface area contributed by atoms with Gasteiger partial charge < -0.3 is 14.2 Å². The Hall–Kier alpha value is -3.74. The lowest BCUT2D eigenvalue weighted by atomic mass is 10.1. The molecule has 3 heterocycles. The predicted molar refractivity (Wildman–Crippen MR) is 105 cm³/mol. The van der Waals surface area contributed by atoms with Crippen LogP contribution < -0.4 is 4.74 Å². The van der Waals surface area contributed by atoms with Crippen molar-refractivity contribution in [2.24, 2.45) is 0 Å². The quantitative estimate of drug-likeness (QED) is 0.535. The van der Waals surface area contributed by atoms with Gasteiger partial charge in [-0.15, -0.1) is 0 Å². The molecule has 5 rings (SSSR count). The van der Waals surface area contributed by atoms with E-state index in [0.717, 1.165) is 16.7 Å². The van der Waals surface area contributed by atoms with Gasteiger partial charge in [0.2, 0.25) is 0 Å². The van der Waals surface area contributed by atoms with Crippen LogP contribution in [0.2, 0.25) is 0 Å². The molecule has 0 saturated heterocycles. The van der Waals surface area contributed by atoms with Gasteiger partial charge in [-0.05, 0) is 41.5 Å². The van der Waals surface area contributed by atoms with Gasteiger partial charge in [0.25, 0.3) is 5.91 Å². The number of carbonyl (C=O) groups excluding carboxylic acids is 1. The second kappa shape index (κ2) is 6.70. The van der Waals surface area contributed by atoms with Gasteiger partial charge in [-0.2, -0.15) is 0 Å². The number of halogens is 1. The Morgan fingerprint density at radius 2 is 2.00 bits per heavy atom. The molecule has 0 radical (unpaired) electrons. The van der Waals surface area contributed by atoms with Crippen LogP contribution in [0.15, 0.2) is 61.2 Å². The Bertz CT molecular complexity index is 1230. The Kier molecular flexibility index (Phi) is 4.01. The topological polar surface area (TPSA) is 60.2 Å². The number of ether oxygens (including phenoxy) is 1.